The lowest BCUT2D eigenvalue weighted by Crippen LogP contribution is -2.20. The maximum atomic E-state index is 13.4. The van der Waals surface area contributed by atoms with Crippen LogP contribution in [-0.2, 0) is 0 Å². The number of nitro benzene ring substituents is 1. The minimum atomic E-state index is -0.526. The number of para-hydroxylation sites is 2. The SMILES string of the molecule is Cc1ccc(C(=O)Oc2ccccc2C=Nn2c(-c3ccc([N+](=O)[O-])cc3)nc3ccccc3c2=O)cc1. The number of fused-ring (bicyclic) bond motifs is 1. The smallest absolute Gasteiger partial charge is 0.343 e. The topological polar surface area (TPSA) is 117 Å². The lowest BCUT2D eigenvalue weighted by atomic mass is 10.1. The van der Waals surface area contributed by atoms with Gasteiger partial charge in [-0.25, -0.2) is 9.78 Å². The summed E-state index contributed by atoms with van der Waals surface area (Å²) >= 11 is 0. The molecule has 5 rings (SSSR count). The number of hydrogen-bond acceptors (Lipinski definition) is 7. The van der Waals surface area contributed by atoms with Gasteiger partial charge in [0.1, 0.15) is 5.75 Å². The third kappa shape index (κ3) is 4.93. The summed E-state index contributed by atoms with van der Waals surface area (Å²) in [4.78, 5) is 41.3. The van der Waals surface area contributed by atoms with Crippen molar-refractivity contribution in [2.45, 2.75) is 6.92 Å². The predicted octanol–water partition coefficient (Wildman–Crippen LogP) is 5.38. The minimum Gasteiger partial charge on any atom is -0.422 e. The van der Waals surface area contributed by atoms with Crippen LogP contribution in [0.5, 0.6) is 5.75 Å². The number of rotatable bonds is 6. The molecule has 0 aliphatic heterocycles. The molecule has 9 heteroatoms. The van der Waals surface area contributed by atoms with Crippen molar-refractivity contribution >= 4 is 28.8 Å². The van der Waals surface area contributed by atoms with Crippen LogP contribution in [0.2, 0.25) is 0 Å². The number of carbonyl (C=O) groups excluding carboxylic acids is 1. The zero-order valence-electron chi connectivity index (χ0n) is 20.1. The standard InChI is InChI=1S/C29H20N4O5/c1-19-10-12-21(13-11-19)29(35)38-26-9-5-2-6-22(26)18-30-32-27(20-14-16-23(17-15-20)33(36)37)31-25-8-4-3-7-24(25)28(32)34/h2-18H,1H3. The number of hydrogen-bond donors (Lipinski definition) is 0. The fourth-order valence-corrected chi connectivity index (χ4v) is 3.80. The normalized spacial score (nSPS) is 11.1. The van der Waals surface area contributed by atoms with Crippen molar-refractivity contribution in [3.63, 3.8) is 0 Å². The van der Waals surface area contributed by atoms with Crippen molar-refractivity contribution in [3.8, 4) is 17.1 Å². The van der Waals surface area contributed by atoms with E-state index in [2.05, 4.69) is 10.1 Å². The second-order valence-corrected chi connectivity index (χ2v) is 8.41. The van der Waals surface area contributed by atoms with E-state index in [9.17, 15) is 19.7 Å². The van der Waals surface area contributed by atoms with Gasteiger partial charge < -0.3 is 4.74 Å². The molecule has 0 bridgehead atoms. The van der Waals surface area contributed by atoms with Crippen molar-refractivity contribution in [2.75, 3.05) is 0 Å². The monoisotopic (exact) mass is 504 g/mol. The van der Waals surface area contributed by atoms with Crippen LogP contribution in [0.3, 0.4) is 0 Å². The van der Waals surface area contributed by atoms with E-state index in [-0.39, 0.29) is 17.3 Å². The molecule has 38 heavy (non-hydrogen) atoms. The van der Waals surface area contributed by atoms with Gasteiger partial charge in [-0.05, 0) is 55.5 Å². The Kier molecular flexibility index (Phi) is 6.56. The van der Waals surface area contributed by atoms with E-state index >= 15 is 0 Å². The summed E-state index contributed by atoms with van der Waals surface area (Å²) < 4.78 is 6.74. The average Bonchev–Trinajstić information content (AvgIpc) is 2.93. The van der Waals surface area contributed by atoms with Crippen molar-refractivity contribution in [3.05, 3.63) is 134 Å². The highest BCUT2D eigenvalue weighted by Crippen LogP contribution is 2.23. The van der Waals surface area contributed by atoms with Gasteiger partial charge in [0.25, 0.3) is 11.2 Å². The number of ether oxygens (including phenoxy) is 1. The zero-order chi connectivity index (χ0) is 26.6. The van der Waals surface area contributed by atoms with Gasteiger partial charge >= 0.3 is 5.97 Å². The van der Waals surface area contributed by atoms with Crippen molar-refractivity contribution < 1.29 is 14.5 Å². The Hall–Kier alpha value is -5.44. The Balaban J connectivity index is 1.56. The van der Waals surface area contributed by atoms with Crippen molar-refractivity contribution in [1.29, 1.82) is 0 Å². The summed E-state index contributed by atoms with van der Waals surface area (Å²) in [5, 5.41) is 15.9. The van der Waals surface area contributed by atoms with Gasteiger partial charge in [0.05, 0.1) is 27.6 Å². The number of non-ortho nitro benzene ring substituents is 1. The van der Waals surface area contributed by atoms with Gasteiger partial charge in [-0.15, -0.1) is 0 Å². The lowest BCUT2D eigenvalue weighted by Gasteiger charge is -2.10. The molecule has 0 saturated carbocycles. The van der Waals surface area contributed by atoms with Crippen LogP contribution in [0.4, 0.5) is 5.69 Å². The number of nitrogens with zero attached hydrogens (tertiary/aromatic N) is 4. The highest BCUT2D eigenvalue weighted by molar-refractivity contribution is 5.93. The third-order valence-corrected chi connectivity index (χ3v) is 5.81. The van der Waals surface area contributed by atoms with Gasteiger partial charge in [0.2, 0.25) is 0 Å². The second kappa shape index (κ2) is 10.3. The third-order valence-electron chi connectivity index (χ3n) is 5.81. The molecule has 0 amide bonds. The molecule has 0 aliphatic rings. The molecule has 1 heterocycles. The van der Waals surface area contributed by atoms with Gasteiger partial charge in [-0.3, -0.25) is 14.9 Å². The molecule has 0 fully saturated rings. The number of carbonyl (C=O) groups is 1. The zero-order valence-corrected chi connectivity index (χ0v) is 20.1. The van der Waals surface area contributed by atoms with E-state index < -0.39 is 16.5 Å². The first-order valence-corrected chi connectivity index (χ1v) is 11.6. The summed E-state index contributed by atoms with van der Waals surface area (Å²) in [5.41, 5.74) is 2.30. The molecule has 0 saturated heterocycles. The molecular formula is C29H20N4O5. The Morgan fingerprint density at radius 3 is 2.37 bits per heavy atom. The van der Waals surface area contributed by atoms with Gasteiger partial charge in [0.15, 0.2) is 5.82 Å². The summed E-state index contributed by atoms with van der Waals surface area (Å²) in [6.07, 6.45) is 1.41. The summed E-state index contributed by atoms with van der Waals surface area (Å²) in [7, 11) is 0. The first-order chi connectivity index (χ1) is 18.4. The second-order valence-electron chi connectivity index (χ2n) is 8.41. The highest BCUT2D eigenvalue weighted by atomic mass is 16.6. The maximum absolute atomic E-state index is 13.4. The number of esters is 1. The Labute approximate surface area is 216 Å². The van der Waals surface area contributed by atoms with Crippen LogP contribution in [0.1, 0.15) is 21.5 Å². The highest BCUT2D eigenvalue weighted by Gasteiger charge is 2.15. The van der Waals surface area contributed by atoms with Crippen LogP contribution in [0, 0.1) is 17.0 Å². The summed E-state index contributed by atoms with van der Waals surface area (Å²) in [6, 6.07) is 26.4. The van der Waals surface area contributed by atoms with Crippen LogP contribution < -0.4 is 10.3 Å². The molecule has 0 aliphatic carbocycles. The molecule has 0 atom stereocenters. The summed E-state index contributed by atoms with van der Waals surface area (Å²) in [6.45, 7) is 1.93. The Morgan fingerprint density at radius 1 is 0.947 bits per heavy atom. The molecule has 0 radical (unpaired) electrons. The molecule has 186 valence electrons. The van der Waals surface area contributed by atoms with Crippen molar-refractivity contribution in [2.24, 2.45) is 5.10 Å². The van der Waals surface area contributed by atoms with Crippen LogP contribution in [0.25, 0.3) is 22.3 Å². The van der Waals surface area contributed by atoms with Gasteiger partial charge in [-0.2, -0.15) is 9.78 Å². The maximum Gasteiger partial charge on any atom is 0.343 e. The molecule has 0 unspecified atom stereocenters. The summed E-state index contributed by atoms with van der Waals surface area (Å²) in [5.74, 6) is -0.0588. The first-order valence-electron chi connectivity index (χ1n) is 11.6. The molecule has 1 aromatic heterocycles. The predicted molar refractivity (Wildman–Crippen MR) is 144 cm³/mol. The quantitative estimate of drug-likeness (QED) is 0.101. The average molecular weight is 505 g/mol. The van der Waals surface area contributed by atoms with Crippen LogP contribution in [0.15, 0.2) is 107 Å². The molecule has 0 N–H and O–H groups in total. The Bertz CT molecular complexity index is 1760. The fraction of sp³-hybridized carbons (Fsp3) is 0.0345. The number of aromatic nitrogens is 2. The lowest BCUT2D eigenvalue weighted by molar-refractivity contribution is -0.384. The molecule has 5 aromatic rings. The fourth-order valence-electron chi connectivity index (χ4n) is 3.80. The molecular weight excluding hydrogens is 484 g/mol. The van der Waals surface area contributed by atoms with E-state index in [0.29, 0.717) is 27.6 Å². The first kappa shape index (κ1) is 24.3. The largest absolute Gasteiger partial charge is 0.422 e. The van der Waals surface area contributed by atoms with Crippen LogP contribution >= 0.6 is 0 Å². The molecule has 9 nitrogen and oxygen atoms in total. The van der Waals surface area contributed by atoms with Crippen molar-refractivity contribution in [1.82, 2.24) is 9.66 Å². The number of nitro groups is 1. The minimum absolute atomic E-state index is 0.0868. The molecule has 0 spiro atoms. The van der Waals surface area contributed by atoms with Gasteiger partial charge in [-0.1, -0.05) is 42.0 Å². The number of benzene rings is 4. The van der Waals surface area contributed by atoms with E-state index in [4.69, 9.17) is 4.74 Å². The van der Waals surface area contributed by atoms with Gasteiger partial charge in [0, 0.05) is 23.3 Å². The van der Waals surface area contributed by atoms with Crippen LogP contribution in [-0.4, -0.2) is 26.8 Å². The van der Waals surface area contributed by atoms with E-state index in [1.165, 1.54) is 30.5 Å². The Morgan fingerprint density at radius 2 is 1.63 bits per heavy atom. The van der Waals surface area contributed by atoms with E-state index in [1.54, 1.807) is 60.7 Å². The van der Waals surface area contributed by atoms with E-state index in [1.807, 2.05) is 19.1 Å². The molecule has 4 aromatic carbocycles. The number of aryl methyl sites for hydroxylation is 1. The van der Waals surface area contributed by atoms with E-state index in [0.717, 1.165) is 10.2 Å².